The van der Waals surface area contributed by atoms with Crippen molar-refractivity contribution in [1.82, 2.24) is 0 Å². The molecule has 0 aromatic rings. The molecule has 112 valence electrons. The molecular formula is C11H24N4O4. The number of hydroxylamine groups is 10. The summed E-state index contributed by atoms with van der Waals surface area (Å²) in [7, 11) is 0. The zero-order chi connectivity index (χ0) is 14.1. The van der Waals surface area contributed by atoms with E-state index in [1.165, 1.54) is 0 Å². The molecule has 0 amide bonds. The van der Waals surface area contributed by atoms with Crippen LogP contribution in [0.25, 0.3) is 0 Å². The average molecular weight is 276 g/mol. The van der Waals surface area contributed by atoms with Gasteiger partial charge in [-0.2, -0.15) is 0 Å². The number of quaternary nitrogens is 4. The fraction of sp³-hybridized carbons (Fsp3) is 1.00. The van der Waals surface area contributed by atoms with Gasteiger partial charge in [0.05, 0.1) is 0 Å². The first-order valence-electron chi connectivity index (χ1n) is 7.01. The van der Waals surface area contributed by atoms with Crippen LogP contribution in [-0.2, 0) is 0 Å². The van der Waals surface area contributed by atoms with Crippen LogP contribution in [0.4, 0.5) is 0 Å². The Morgan fingerprint density at radius 2 is 1.32 bits per heavy atom. The van der Waals surface area contributed by atoms with Crippen molar-refractivity contribution in [1.29, 1.82) is 0 Å². The zero-order valence-corrected chi connectivity index (χ0v) is 11.5. The zero-order valence-electron chi connectivity index (χ0n) is 11.5. The summed E-state index contributed by atoms with van der Waals surface area (Å²) in [6.45, 7) is 4.53. The molecule has 19 heavy (non-hydrogen) atoms. The summed E-state index contributed by atoms with van der Waals surface area (Å²) >= 11 is 0. The SMILES string of the molecule is C[C@H](C[N+]1([O-])CC[NH+]([O-])CC1)[N+]1([O-])CC[NH+]([O-])CC1. The van der Waals surface area contributed by atoms with E-state index in [4.69, 9.17) is 0 Å². The Hall–Kier alpha value is -0.320. The van der Waals surface area contributed by atoms with Crippen molar-refractivity contribution in [2.45, 2.75) is 13.0 Å². The molecule has 1 atom stereocenters. The summed E-state index contributed by atoms with van der Waals surface area (Å²) in [5.74, 6) is 0. The molecule has 0 radical (unpaired) electrons. The molecule has 0 aromatic carbocycles. The maximum absolute atomic E-state index is 12.6. The molecule has 2 fully saturated rings. The summed E-state index contributed by atoms with van der Waals surface area (Å²) < 4.78 is -0.856. The predicted molar refractivity (Wildman–Crippen MR) is 69.2 cm³/mol. The monoisotopic (exact) mass is 276 g/mol. The van der Waals surface area contributed by atoms with Gasteiger partial charge in [0.2, 0.25) is 0 Å². The molecule has 2 aliphatic rings. The number of hydrogen-bond acceptors (Lipinski definition) is 4. The van der Waals surface area contributed by atoms with Gasteiger partial charge < -0.3 is 40.2 Å². The standard InChI is InChI=1S/C11H24N4O4/c1-11(15(19)8-4-13(17)5-9-15)10-14(18)6-2-12(16)3-7-14/h11-13H,2-10H2,1H3/t11-/m1/s1. The number of piperazine rings is 2. The highest BCUT2D eigenvalue weighted by molar-refractivity contribution is 4.61. The van der Waals surface area contributed by atoms with Gasteiger partial charge in [0, 0.05) is 0 Å². The van der Waals surface area contributed by atoms with Gasteiger partial charge in [0.25, 0.3) is 0 Å². The molecule has 2 N–H and O–H groups in total. The molecule has 2 heterocycles. The van der Waals surface area contributed by atoms with E-state index >= 15 is 0 Å². The number of nitrogens with one attached hydrogen (secondary N) is 2. The topological polar surface area (TPSA) is 101 Å². The van der Waals surface area contributed by atoms with Gasteiger partial charge in [0.15, 0.2) is 0 Å². The van der Waals surface area contributed by atoms with Crippen molar-refractivity contribution < 1.29 is 19.4 Å². The Kier molecular flexibility index (Phi) is 4.43. The molecule has 2 aliphatic heterocycles. The van der Waals surface area contributed by atoms with E-state index in [0.717, 1.165) is 0 Å². The second-order valence-electron chi connectivity index (χ2n) is 6.01. The number of rotatable bonds is 3. The summed E-state index contributed by atoms with van der Waals surface area (Å²) in [6.07, 6.45) is 0. The summed E-state index contributed by atoms with van der Waals surface area (Å²) in [5, 5.41) is 47.8. The average Bonchev–Trinajstić information content (AvgIpc) is 2.37. The normalized spacial score (nSPS) is 45.9. The van der Waals surface area contributed by atoms with Crippen molar-refractivity contribution in [3.8, 4) is 0 Å². The van der Waals surface area contributed by atoms with Crippen LogP contribution in [0.5, 0.6) is 0 Å². The van der Waals surface area contributed by atoms with Gasteiger partial charge in [-0.3, -0.25) is 0 Å². The van der Waals surface area contributed by atoms with Gasteiger partial charge in [-0.15, -0.1) is 0 Å². The smallest absolute Gasteiger partial charge is 0.136 e. The lowest BCUT2D eigenvalue weighted by atomic mass is 10.2. The molecule has 2 saturated heterocycles. The Morgan fingerprint density at radius 1 is 0.895 bits per heavy atom. The molecule has 8 nitrogen and oxygen atoms in total. The van der Waals surface area contributed by atoms with Crippen LogP contribution in [0.1, 0.15) is 6.92 Å². The molecule has 8 heteroatoms. The van der Waals surface area contributed by atoms with Gasteiger partial charge >= 0.3 is 0 Å². The van der Waals surface area contributed by atoms with E-state index in [9.17, 15) is 20.8 Å². The first-order chi connectivity index (χ1) is 8.83. The Morgan fingerprint density at radius 3 is 1.79 bits per heavy atom. The Labute approximate surface area is 113 Å². The van der Waals surface area contributed by atoms with E-state index in [1.54, 1.807) is 6.92 Å². The fourth-order valence-electron chi connectivity index (χ4n) is 3.01. The van der Waals surface area contributed by atoms with E-state index in [1.807, 2.05) is 0 Å². The maximum Gasteiger partial charge on any atom is 0.136 e. The van der Waals surface area contributed by atoms with E-state index < -0.39 is 9.29 Å². The summed E-state index contributed by atoms with van der Waals surface area (Å²) in [6, 6.07) is -0.307. The third-order valence-electron chi connectivity index (χ3n) is 4.53. The van der Waals surface area contributed by atoms with Crippen LogP contribution in [-0.4, -0.2) is 74.2 Å². The molecule has 0 aromatic heterocycles. The van der Waals surface area contributed by atoms with Gasteiger partial charge in [-0.1, -0.05) is 0 Å². The summed E-state index contributed by atoms with van der Waals surface area (Å²) in [4.78, 5) is 0. The highest BCUT2D eigenvalue weighted by Crippen LogP contribution is 2.17. The maximum atomic E-state index is 12.6. The molecule has 0 bridgehead atoms. The quantitative estimate of drug-likeness (QED) is 0.418. The first kappa shape index (κ1) is 15.1. The van der Waals surface area contributed by atoms with Gasteiger partial charge in [0.1, 0.15) is 64.9 Å². The molecule has 0 saturated carbocycles. The van der Waals surface area contributed by atoms with Crippen molar-refractivity contribution in [2.75, 3.05) is 58.9 Å². The molecule has 2 rings (SSSR count). The van der Waals surface area contributed by atoms with Crippen molar-refractivity contribution >= 4 is 0 Å². The predicted octanol–water partition coefficient (Wildman–Crippen LogP) is -3.20. The molecule has 0 unspecified atom stereocenters. The lowest BCUT2D eigenvalue weighted by Gasteiger charge is -2.55. The molecular weight excluding hydrogens is 252 g/mol. The van der Waals surface area contributed by atoms with Crippen LogP contribution in [0.2, 0.25) is 0 Å². The van der Waals surface area contributed by atoms with E-state index in [0.29, 0.717) is 52.4 Å². The van der Waals surface area contributed by atoms with Crippen LogP contribution in [0.15, 0.2) is 0 Å². The van der Waals surface area contributed by atoms with Crippen LogP contribution < -0.4 is 10.1 Å². The van der Waals surface area contributed by atoms with Crippen LogP contribution in [0.3, 0.4) is 0 Å². The van der Waals surface area contributed by atoms with Crippen molar-refractivity contribution in [3.63, 3.8) is 0 Å². The fourth-order valence-corrected chi connectivity index (χ4v) is 3.01. The lowest BCUT2D eigenvalue weighted by molar-refractivity contribution is -1.02. The van der Waals surface area contributed by atoms with Gasteiger partial charge in [-0.05, 0) is 6.92 Å². The minimum atomic E-state index is -0.429. The minimum absolute atomic E-state index is 0.145. The number of nitrogens with zero attached hydrogens (tertiary/aromatic N) is 2. The lowest BCUT2D eigenvalue weighted by Crippen LogP contribution is -3.11. The second-order valence-corrected chi connectivity index (χ2v) is 6.01. The van der Waals surface area contributed by atoms with Crippen molar-refractivity contribution in [3.05, 3.63) is 20.8 Å². The number of hydrogen-bond donors (Lipinski definition) is 2. The third kappa shape index (κ3) is 3.61. The third-order valence-corrected chi connectivity index (χ3v) is 4.53. The summed E-state index contributed by atoms with van der Waals surface area (Å²) in [5.41, 5.74) is 0. The Balaban J connectivity index is 1.91. The van der Waals surface area contributed by atoms with Crippen LogP contribution in [0, 0.1) is 20.8 Å². The molecule has 0 aliphatic carbocycles. The minimum Gasteiger partial charge on any atom is -0.634 e. The van der Waals surface area contributed by atoms with Crippen LogP contribution >= 0.6 is 0 Å². The highest BCUT2D eigenvalue weighted by atomic mass is 16.6. The first-order valence-corrected chi connectivity index (χ1v) is 7.01. The van der Waals surface area contributed by atoms with E-state index in [-0.39, 0.29) is 22.7 Å². The van der Waals surface area contributed by atoms with E-state index in [2.05, 4.69) is 0 Å². The largest absolute Gasteiger partial charge is 0.634 e. The van der Waals surface area contributed by atoms with Crippen molar-refractivity contribution in [2.24, 2.45) is 0 Å². The molecule has 0 spiro atoms. The highest BCUT2D eigenvalue weighted by Gasteiger charge is 2.36. The van der Waals surface area contributed by atoms with Gasteiger partial charge in [-0.25, -0.2) is 0 Å². The Bertz CT molecular complexity index is 301. The second kappa shape index (κ2) is 5.58.